The first-order chi connectivity index (χ1) is 12.2. The predicted octanol–water partition coefficient (Wildman–Crippen LogP) is 1.19. The maximum absolute atomic E-state index is 12.2. The van der Waals surface area contributed by atoms with Crippen molar-refractivity contribution in [2.75, 3.05) is 32.8 Å². The van der Waals surface area contributed by atoms with Crippen LogP contribution in [0.5, 0.6) is 0 Å². The van der Waals surface area contributed by atoms with Crippen LogP contribution in [0, 0.1) is 0 Å². The lowest BCUT2D eigenvalue weighted by Gasteiger charge is -2.37. The van der Waals surface area contributed by atoms with Crippen molar-refractivity contribution in [2.45, 2.75) is 37.8 Å². The van der Waals surface area contributed by atoms with Crippen molar-refractivity contribution in [3.8, 4) is 0 Å². The number of cyclic esters (lactones) is 1. The number of rotatable bonds is 4. The lowest BCUT2D eigenvalue weighted by atomic mass is 10.0. The molecule has 2 saturated heterocycles. The molecule has 6 heteroatoms. The molecule has 1 aliphatic carbocycles. The Labute approximate surface area is 148 Å². The summed E-state index contributed by atoms with van der Waals surface area (Å²) in [4.78, 5) is 27.7. The number of nitrogens with one attached hydrogen (secondary N) is 1. The van der Waals surface area contributed by atoms with Crippen molar-refractivity contribution in [1.82, 2.24) is 15.1 Å². The lowest BCUT2D eigenvalue weighted by Crippen LogP contribution is -2.52. The fourth-order valence-corrected chi connectivity index (χ4v) is 4.27. The first-order valence-corrected chi connectivity index (χ1v) is 9.21. The zero-order chi connectivity index (χ0) is 17.2. The van der Waals surface area contributed by atoms with Crippen LogP contribution in [0.2, 0.25) is 0 Å². The molecule has 134 valence electrons. The van der Waals surface area contributed by atoms with E-state index in [-0.39, 0.29) is 24.6 Å². The second-order valence-electron chi connectivity index (χ2n) is 7.27. The van der Waals surface area contributed by atoms with Gasteiger partial charge in [-0.1, -0.05) is 24.3 Å². The summed E-state index contributed by atoms with van der Waals surface area (Å²) < 4.78 is 4.87. The van der Waals surface area contributed by atoms with E-state index in [1.807, 2.05) is 0 Å². The van der Waals surface area contributed by atoms with E-state index in [0.29, 0.717) is 19.2 Å². The van der Waals surface area contributed by atoms with E-state index in [9.17, 15) is 9.59 Å². The summed E-state index contributed by atoms with van der Waals surface area (Å²) in [7, 11) is 0. The number of amides is 2. The third-order valence-corrected chi connectivity index (χ3v) is 5.54. The Morgan fingerprint density at radius 2 is 1.96 bits per heavy atom. The number of hydrogen-bond acceptors (Lipinski definition) is 4. The molecule has 2 heterocycles. The summed E-state index contributed by atoms with van der Waals surface area (Å²) in [5.74, 6) is -0.0830. The van der Waals surface area contributed by atoms with Gasteiger partial charge in [0.1, 0.15) is 13.2 Å². The number of hydrogen-bond donors (Lipinski definition) is 1. The molecule has 6 nitrogen and oxygen atoms in total. The predicted molar refractivity (Wildman–Crippen MR) is 93.3 cm³/mol. The Kier molecular flexibility index (Phi) is 4.61. The van der Waals surface area contributed by atoms with E-state index in [1.54, 1.807) is 0 Å². The SMILES string of the molecule is O=C(CN1CCOC1=O)NC1CCCN(C2Cc3ccccc3C2)C1. The molecule has 3 aliphatic rings. The number of likely N-dealkylation sites (tertiary alicyclic amines) is 1. The molecular formula is C19H25N3O3. The smallest absolute Gasteiger partial charge is 0.410 e. The zero-order valence-corrected chi connectivity index (χ0v) is 14.4. The van der Waals surface area contributed by atoms with Crippen LogP contribution in [0.4, 0.5) is 4.79 Å². The Morgan fingerprint density at radius 1 is 1.20 bits per heavy atom. The minimum Gasteiger partial charge on any atom is -0.448 e. The monoisotopic (exact) mass is 343 g/mol. The fourth-order valence-electron chi connectivity index (χ4n) is 4.27. The van der Waals surface area contributed by atoms with Gasteiger partial charge in [0.05, 0.1) is 6.54 Å². The maximum Gasteiger partial charge on any atom is 0.410 e. The summed E-state index contributed by atoms with van der Waals surface area (Å²) in [5.41, 5.74) is 2.93. The van der Waals surface area contributed by atoms with Crippen LogP contribution in [-0.4, -0.2) is 66.7 Å². The van der Waals surface area contributed by atoms with E-state index in [2.05, 4.69) is 34.5 Å². The van der Waals surface area contributed by atoms with Gasteiger partial charge in [-0.2, -0.15) is 0 Å². The van der Waals surface area contributed by atoms with Gasteiger partial charge < -0.3 is 10.1 Å². The maximum atomic E-state index is 12.2. The molecular weight excluding hydrogens is 318 g/mol. The molecule has 1 atom stereocenters. The third-order valence-electron chi connectivity index (χ3n) is 5.54. The normalized spacial score (nSPS) is 24.2. The largest absolute Gasteiger partial charge is 0.448 e. The summed E-state index contributed by atoms with van der Waals surface area (Å²) in [6.07, 6.45) is 3.94. The first kappa shape index (κ1) is 16.4. The minimum atomic E-state index is -0.385. The molecule has 0 bridgehead atoms. The second kappa shape index (κ2) is 7.04. The number of piperidine rings is 1. The molecule has 1 aromatic rings. The highest BCUT2D eigenvalue weighted by molar-refractivity contribution is 5.83. The third kappa shape index (κ3) is 3.63. The van der Waals surface area contributed by atoms with Crippen molar-refractivity contribution in [2.24, 2.45) is 0 Å². The van der Waals surface area contributed by atoms with E-state index < -0.39 is 0 Å². The van der Waals surface area contributed by atoms with Crippen LogP contribution in [0.25, 0.3) is 0 Å². The van der Waals surface area contributed by atoms with Gasteiger partial charge in [0.15, 0.2) is 0 Å². The average Bonchev–Trinajstić information content (AvgIpc) is 3.21. The van der Waals surface area contributed by atoms with Crippen LogP contribution in [0.1, 0.15) is 24.0 Å². The highest BCUT2D eigenvalue weighted by Gasteiger charge is 2.31. The van der Waals surface area contributed by atoms with Crippen molar-refractivity contribution in [1.29, 1.82) is 0 Å². The highest BCUT2D eigenvalue weighted by atomic mass is 16.6. The van der Waals surface area contributed by atoms with Crippen LogP contribution in [-0.2, 0) is 22.4 Å². The molecule has 1 unspecified atom stereocenters. The van der Waals surface area contributed by atoms with Crippen LogP contribution in [0.3, 0.4) is 0 Å². The second-order valence-corrected chi connectivity index (χ2v) is 7.27. The van der Waals surface area contributed by atoms with E-state index in [0.717, 1.165) is 38.8 Å². The fraction of sp³-hybridized carbons (Fsp3) is 0.579. The summed E-state index contributed by atoms with van der Waals surface area (Å²) in [6, 6.07) is 9.41. The molecule has 0 aromatic heterocycles. The van der Waals surface area contributed by atoms with E-state index >= 15 is 0 Å². The van der Waals surface area contributed by atoms with Gasteiger partial charge in [-0.05, 0) is 43.4 Å². The van der Waals surface area contributed by atoms with Crippen molar-refractivity contribution >= 4 is 12.0 Å². The molecule has 1 N–H and O–H groups in total. The molecule has 25 heavy (non-hydrogen) atoms. The Morgan fingerprint density at radius 3 is 2.64 bits per heavy atom. The van der Waals surface area contributed by atoms with Gasteiger partial charge >= 0.3 is 6.09 Å². The van der Waals surface area contributed by atoms with E-state index in [4.69, 9.17) is 4.74 Å². The van der Waals surface area contributed by atoms with E-state index in [1.165, 1.54) is 16.0 Å². The van der Waals surface area contributed by atoms with Crippen molar-refractivity contribution in [3.63, 3.8) is 0 Å². The van der Waals surface area contributed by atoms with Gasteiger partial charge in [-0.15, -0.1) is 0 Å². The Hall–Kier alpha value is -2.08. The van der Waals surface area contributed by atoms with Crippen molar-refractivity contribution < 1.29 is 14.3 Å². The van der Waals surface area contributed by atoms with Crippen LogP contribution < -0.4 is 5.32 Å². The Bertz CT molecular complexity index is 638. The van der Waals surface area contributed by atoms with Crippen LogP contribution >= 0.6 is 0 Å². The minimum absolute atomic E-state index is 0.0830. The Balaban J connectivity index is 1.29. The van der Waals surface area contributed by atoms with Gasteiger partial charge in [0, 0.05) is 18.6 Å². The number of carbonyl (C=O) groups is 2. The van der Waals surface area contributed by atoms with Crippen molar-refractivity contribution in [3.05, 3.63) is 35.4 Å². The van der Waals surface area contributed by atoms with Gasteiger partial charge in [-0.25, -0.2) is 4.79 Å². The van der Waals surface area contributed by atoms with Gasteiger partial charge in [0.2, 0.25) is 5.91 Å². The number of benzene rings is 1. The average molecular weight is 343 g/mol. The molecule has 1 aromatic carbocycles. The molecule has 0 saturated carbocycles. The topological polar surface area (TPSA) is 61.9 Å². The number of ether oxygens (including phenoxy) is 1. The number of fused-ring (bicyclic) bond motifs is 1. The highest BCUT2D eigenvalue weighted by Crippen LogP contribution is 2.27. The molecule has 0 radical (unpaired) electrons. The molecule has 2 fully saturated rings. The molecule has 2 aliphatic heterocycles. The summed E-state index contributed by atoms with van der Waals surface area (Å²) in [5, 5.41) is 3.11. The lowest BCUT2D eigenvalue weighted by molar-refractivity contribution is -0.122. The summed E-state index contributed by atoms with van der Waals surface area (Å²) in [6.45, 7) is 2.98. The van der Waals surface area contributed by atoms with Gasteiger partial charge in [0.25, 0.3) is 0 Å². The molecule has 4 rings (SSSR count). The zero-order valence-electron chi connectivity index (χ0n) is 14.4. The molecule has 2 amide bonds. The van der Waals surface area contributed by atoms with Gasteiger partial charge in [-0.3, -0.25) is 14.6 Å². The van der Waals surface area contributed by atoms with Crippen LogP contribution in [0.15, 0.2) is 24.3 Å². The number of carbonyl (C=O) groups excluding carboxylic acids is 2. The summed E-state index contributed by atoms with van der Waals surface area (Å²) >= 11 is 0. The standard InChI is InChI=1S/C19H25N3O3/c23-18(13-22-8-9-25-19(22)24)20-16-6-3-7-21(12-16)17-10-14-4-1-2-5-15(14)11-17/h1-2,4-5,16-17H,3,6-13H2,(H,20,23). The molecule has 0 spiro atoms. The quantitative estimate of drug-likeness (QED) is 0.892. The number of nitrogens with zero attached hydrogens (tertiary/aromatic N) is 2. The first-order valence-electron chi connectivity index (χ1n) is 9.21.